The molecular formula is C20H20Cl2NO5. The van der Waals surface area contributed by atoms with E-state index in [2.05, 4.69) is 5.32 Å². The number of carboxylic acid groups (broad SMARTS) is 1. The molecule has 0 saturated carbocycles. The van der Waals surface area contributed by atoms with Crippen LogP contribution >= 0.6 is 23.2 Å². The molecule has 0 heterocycles. The Morgan fingerprint density at radius 1 is 1.18 bits per heavy atom. The van der Waals surface area contributed by atoms with Crippen molar-refractivity contribution in [2.24, 2.45) is 0 Å². The van der Waals surface area contributed by atoms with Crippen LogP contribution in [-0.4, -0.2) is 22.1 Å². The van der Waals surface area contributed by atoms with Crippen molar-refractivity contribution in [2.45, 2.75) is 33.6 Å². The van der Waals surface area contributed by atoms with Crippen molar-refractivity contribution < 1.29 is 24.5 Å². The number of carbonyl (C=O) groups is 2. The molecule has 8 heteroatoms. The number of phenolic OH excluding ortho intramolecular Hbond substituents is 1. The minimum Gasteiger partial charge on any atom is -0.507 e. The van der Waals surface area contributed by atoms with E-state index in [4.69, 9.17) is 33.0 Å². The van der Waals surface area contributed by atoms with Gasteiger partial charge in [-0.2, -0.15) is 0 Å². The van der Waals surface area contributed by atoms with Crippen LogP contribution in [0.1, 0.15) is 46.8 Å². The lowest BCUT2D eigenvalue weighted by molar-refractivity contribution is -0.133. The number of aryl methyl sites for hydroxylation is 1. The molecule has 0 aliphatic carbocycles. The number of ether oxygens (including phenoxy) is 1. The number of rotatable bonds is 6. The van der Waals surface area contributed by atoms with E-state index in [1.165, 1.54) is 6.07 Å². The number of amides is 1. The summed E-state index contributed by atoms with van der Waals surface area (Å²) in [5.41, 5.74) is 1.88. The largest absolute Gasteiger partial charge is 0.507 e. The highest BCUT2D eigenvalue weighted by Gasteiger charge is 2.21. The number of phenols is 1. The van der Waals surface area contributed by atoms with E-state index in [0.717, 1.165) is 5.56 Å². The average Bonchev–Trinajstić information content (AvgIpc) is 2.62. The number of hydrogen-bond donors (Lipinski definition) is 3. The van der Waals surface area contributed by atoms with Gasteiger partial charge in [-0.05, 0) is 49.1 Å². The van der Waals surface area contributed by atoms with Crippen molar-refractivity contribution in [3.8, 4) is 17.2 Å². The van der Waals surface area contributed by atoms with E-state index < -0.39 is 11.9 Å². The van der Waals surface area contributed by atoms with Gasteiger partial charge in [0.15, 0.2) is 12.3 Å². The van der Waals surface area contributed by atoms with Gasteiger partial charge in [0.1, 0.15) is 11.5 Å². The van der Waals surface area contributed by atoms with Crippen molar-refractivity contribution in [3.63, 3.8) is 0 Å². The molecular weight excluding hydrogens is 405 g/mol. The third-order valence-corrected chi connectivity index (χ3v) is 4.87. The fourth-order valence-corrected chi connectivity index (χ4v) is 3.15. The zero-order valence-corrected chi connectivity index (χ0v) is 17.3. The van der Waals surface area contributed by atoms with Crippen LogP contribution in [0.3, 0.4) is 0 Å². The second-order valence-corrected chi connectivity index (χ2v) is 7.35. The zero-order valence-electron chi connectivity index (χ0n) is 15.8. The van der Waals surface area contributed by atoms with Crippen LogP contribution in [0.2, 0.25) is 10.0 Å². The number of aliphatic carboxylic acids is 1. The third kappa shape index (κ3) is 4.69. The van der Waals surface area contributed by atoms with E-state index in [1.807, 2.05) is 13.8 Å². The maximum Gasteiger partial charge on any atom is 0.329 e. The Balaban J connectivity index is 2.42. The third-order valence-electron chi connectivity index (χ3n) is 4.14. The highest BCUT2D eigenvalue weighted by molar-refractivity contribution is 6.38. The first-order valence-electron chi connectivity index (χ1n) is 8.39. The number of nitrogens with one attached hydrogen (secondary N) is 1. The van der Waals surface area contributed by atoms with Gasteiger partial charge < -0.3 is 20.3 Å². The number of carboxylic acids is 1. The van der Waals surface area contributed by atoms with Crippen LogP contribution in [0, 0.1) is 20.4 Å². The molecule has 0 aliphatic heterocycles. The van der Waals surface area contributed by atoms with Crippen LogP contribution in [0.25, 0.3) is 0 Å². The molecule has 149 valence electrons. The van der Waals surface area contributed by atoms with E-state index in [9.17, 15) is 14.7 Å². The number of carbonyl (C=O) groups excluding carboxylic acids is 1. The predicted molar refractivity (Wildman–Crippen MR) is 108 cm³/mol. The van der Waals surface area contributed by atoms with E-state index in [-0.39, 0.29) is 33.0 Å². The molecule has 0 bridgehead atoms. The minimum absolute atomic E-state index is 0.0755. The van der Waals surface area contributed by atoms with Gasteiger partial charge in [0.05, 0.1) is 10.0 Å². The molecule has 2 rings (SSSR count). The number of aromatic hydroxyl groups is 1. The monoisotopic (exact) mass is 424 g/mol. The quantitative estimate of drug-likeness (QED) is 0.591. The highest BCUT2D eigenvalue weighted by Crippen LogP contribution is 2.42. The molecule has 2 aromatic rings. The number of halogens is 2. The van der Waals surface area contributed by atoms with Gasteiger partial charge in [0.25, 0.3) is 5.91 Å². The maximum atomic E-state index is 12.2. The molecule has 28 heavy (non-hydrogen) atoms. The molecule has 0 spiro atoms. The summed E-state index contributed by atoms with van der Waals surface area (Å²) in [6, 6.07) is 4.73. The summed E-state index contributed by atoms with van der Waals surface area (Å²) < 4.78 is 5.87. The Bertz CT molecular complexity index is 941. The molecule has 0 saturated heterocycles. The lowest BCUT2D eigenvalue weighted by Gasteiger charge is -2.17. The molecule has 2 aromatic carbocycles. The number of benzene rings is 2. The molecule has 1 radical (unpaired) electrons. The topological polar surface area (TPSA) is 95.9 Å². The van der Waals surface area contributed by atoms with Crippen LogP contribution in [0.4, 0.5) is 0 Å². The lowest BCUT2D eigenvalue weighted by Crippen LogP contribution is -2.25. The Morgan fingerprint density at radius 2 is 1.82 bits per heavy atom. The first kappa shape index (κ1) is 21.9. The maximum absolute atomic E-state index is 12.2. The molecule has 0 aromatic heterocycles. The van der Waals surface area contributed by atoms with Crippen molar-refractivity contribution in [1.29, 1.82) is 0 Å². The van der Waals surface area contributed by atoms with Gasteiger partial charge in [0, 0.05) is 11.1 Å². The van der Waals surface area contributed by atoms with E-state index in [1.54, 1.807) is 26.0 Å². The fourth-order valence-electron chi connectivity index (χ4n) is 2.62. The zero-order chi connectivity index (χ0) is 21.2. The second kappa shape index (κ2) is 8.71. The van der Waals surface area contributed by atoms with Crippen molar-refractivity contribution in [2.75, 3.05) is 0 Å². The number of hydrogen-bond acceptors (Lipinski definition) is 4. The normalized spacial score (nSPS) is 10.8. The Labute approximate surface area is 173 Å². The Morgan fingerprint density at radius 3 is 2.39 bits per heavy atom. The van der Waals surface area contributed by atoms with Crippen LogP contribution in [0.5, 0.6) is 17.2 Å². The molecule has 0 unspecified atom stereocenters. The molecule has 1 amide bonds. The highest BCUT2D eigenvalue weighted by atomic mass is 35.5. The van der Waals surface area contributed by atoms with E-state index >= 15 is 0 Å². The van der Waals surface area contributed by atoms with Gasteiger partial charge in [-0.25, -0.2) is 4.79 Å². The molecule has 0 atom stereocenters. The summed E-state index contributed by atoms with van der Waals surface area (Å²) >= 11 is 12.6. The van der Waals surface area contributed by atoms with Crippen LogP contribution in [-0.2, 0) is 4.79 Å². The van der Waals surface area contributed by atoms with Gasteiger partial charge in [0.2, 0.25) is 0 Å². The molecule has 0 aliphatic rings. The minimum atomic E-state index is -1.29. The summed E-state index contributed by atoms with van der Waals surface area (Å²) in [6.45, 7) is 7.88. The first-order chi connectivity index (χ1) is 13.0. The molecule has 3 N–H and O–H groups in total. The predicted octanol–water partition coefficient (Wildman–Crippen LogP) is 5.21. The van der Waals surface area contributed by atoms with Gasteiger partial charge in [-0.15, -0.1) is 0 Å². The fraction of sp³-hybridized carbons (Fsp3) is 0.250. The van der Waals surface area contributed by atoms with Crippen molar-refractivity contribution in [1.82, 2.24) is 5.32 Å². The van der Waals surface area contributed by atoms with Crippen molar-refractivity contribution in [3.05, 3.63) is 57.0 Å². The second-order valence-electron chi connectivity index (χ2n) is 6.56. The first-order valence-corrected chi connectivity index (χ1v) is 9.15. The Kier molecular flexibility index (Phi) is 6.80. The molecule has 0 fully saturated rings. The smallest absolute Gasteiger partial charge is 0.329 e. The molecule has 6 nitrogen and oxygen atoms in total. The standard InChI is InChI=1S/C20H20Cl2NO5/c1-9(2)13-6-12(5-10(3)18(13)26)28-19-15(21)7-14(11(4)17(19)22)20(27)23-8-16(24)25/h5-9,26H,1-4H3,(H,23,27)(H,24,25). The van der Waals surface area contributed by atoms with Gasteiger partial charge >= 0.3 is 5.97 Å². The average molecular weight is 425 g/mol. The van der Waals surface area contributed by atoms with Gasteiger partial charge in [-0.3, -0.25) is 4.79 Å². The summed E-state index contributed by atoms with van der Waals surface area (Å²) in [5.74, 6) is -1.05. The van der Waals surface area contributed by atoms with Crippen LogP contribution in [0.15, 0.2) is 18.2 Å². The summed E-state index contributed by atoms with van der Waals surface area (Å²) in [7, 11) is 0. The summed E-state index contributed by atoms with van der Waals surface area (Å²) in [5, 5.41) is 21.2. The van der Waals surface area contributed by atoms with E-state index in [0.29, 0.717) is 23.4 Å². The Hall–Kier alpha value is -2.44. The SMILES string of the molecule is Cc1cc(Oc2c(Cl)cc(C(=O)N[CH]C(=O)O)c(C)c2Cl)cc(C(C)C)c1O. The lowest BCUT2D eigenvalue weighted by atomic mass is 9.99. The summed E-state index contributed by atoms with van der Waals surface area (Å²) in [4.78, 5) is 22.7. The van der Waals surface area contributed by atoms with Gasteiger partial charge in [-0.1, -0.05) is 37.0 Å². The van der Waals surface area contributed by atoms with Crippen molar-refractivity contribution >= 4 is 35.1 Å². The summed E-state index contributed by atoms with van der Waals surface area (Å²) in [6.07, 6.45) is 0. The van der Waals surface area contributed by atoms with Crippen LogP contribution < -0.4 is 10.1 Å².